The normalized spacial score (nSPS) is 26.6. The maximum atomic E-state index is 10.4. The highest BCUT2D eigenvalue weighted by Crippen LogP contribution is 2.26. The van der Waals surface area contributed by atoms with E-state index in [1.54, 1.807) is 0 Å². The van der Waals surface area contributed by atoms with Crippen LogP contribution in [-0.2, 0) is 0 Å². The summed E-state index contributed by atoms with van der Waals surface area (Å²) >= 11 is 0. The van der Waals surface area contributed by atoms with Crippen molar-refractivity contribution in [2.45, 2.75) is 38.1 Å². The molecule has 1 rings (SSSR count). The minimum Gasteiger partial charge on any atom is -0.465 e. The third-order valence-corrected chi connectivity index (χ3v) is 3.16. The monoisotopic (exact) mass is 214 g/mol. The van der Waals surface area contributed by atoms with Gasteiger partial charge in [-0.2, -0.15) is 0 Å². The highest BCUT2D eigenvalue weighted by molar-refractivity contribution is 5.64. The van der Waals surface area contributed by atoms with Crippen LogP contribution in [0.2, 0.25) is 0 Å². The van der Waals surface area contributed by atoms with Crippen molar-refractivity contribution < 1.29 is 9.90 Å². The third-order valence-electron chi connectivity index (χ3n) is 3.16. The van der Waals surface area contributed by atoms with Crippen LogP contribution in [-0.4, -0.2) is 42.8 Å². The van der Waals surface area contributed by atoms with Crippen molar-refractivity contribution in [3.63, 3.8) is 0 Å². The molecule has 1 aliphatic rings. The molecule has 15 heavy (non-hydrogen) atoms. The zero-order valence-corrected chi connectivity index (χ0v) is 9.70. The Labute approximate surface area is 91.6 Å². The Balaban J connectivity index is 2.15. The van der Waals surface area contributed by atoms with E-state index in [0.717, 1.165) is 25.3 Å². The molecule has 1 saturated carbocycles. The number of amides is 1. The molecule has 1 fully saturated rings. The number of hydrogen-bond acceptors (Lipinski definition) is 2. The molecule has 2 N–H and O–H groups in total. The smallest absolute Gasteiger partial charge is 0.404 e. The van der Waals surface area contributed by atoms with E-state index in [2.05, 4.69) is 24.3 Å². The Kier molecular flexibility index (Phi) is 4.88. The average Bonchev–Trinajstić information content (AvgIpc) is 2.16. The second kappa shape index (κ2) is 5.95. The fourth-order valence-electron chi connectivity index (χ4n) is 2.21. The first-order valence-corrected chi connectivity index (χ1v) is 5.72. The Morgan fingerprint density at radius 2 is 1.93 bits per heavy atom. The minimum atomic E-state index is -0.883. The first-order valence-electron chi connectivity index (χ1n) is 5.72. The summed E-state index contributed by atoms with van der Waals surface area (Å²) in [6, 6.07) is 0.193. The van der Waals surface area contributed by atoms with Crippen molar-refractivity contribution in [2.24, 2.45) is 5.92 Å². The van der Waals surface area contributed by atoms with Gasteiger partial charge in [0.15, 0.2) is 0 Å². The molecule has 0 saturated heterocycles. The van der Waals surface area contributed by atoms with Crippen molar-refractivity contribution in [2.75, 3.05) is 20.6 Å². The number of nitrogens with one attached hydrogen (secondary N) is 1. The average molecular weight is 214 g/mol. The zero-order chi connectivity index (χ0) is 11.3. The zero-order valence-electron chi connectivity index (χ0n) is 9.70. The van der Waals surface area contributed by atoms with Gasteiger partial charge >= 0.3 is 6.09 Å². The van der Waals surface area contributed by atoms with E-state index in [1.165, 1.54) is 19.3 Å². The second-order valence-corrected chi connectivity index (χ2v) is 4.76. The number of carbonyl (C=O) groups is 1. The summed E-state index contributed by atoms with van der Waals surface area (Å²) in [6.07, 6.45) is 4.70. The van der Waals surface area contributed by atoms with Gasteiger partial charge in [0.2, 0.25) is 0 Å². The van der Waals surface area contributed by atoms with E-state index in [0.29, 0.717) is 0 Å². The fraction of sp³-hybridized carbons (Fsp3) is 0.909. The van der Waals surface area contributed by atoms with Gasteiger partial charge in [0, 0.05) is 6.04 Å². The van der Waals surface area contributed by atoms with E-state index in [1.807, 2.05) is 0 Å². The van der Waals surface area contributed by atoms with Crippen LogP contribution in [0.25, 0.3) is 0 Å². The lowest BCUT2D eigenvalue weighted by atomic mass is 9.84. The lowest BCUT2D eigenvalue weighted by molar-refractivity contribution is 0.180. The second-order valence-electron chi connectivity index (χ2n) is 4.76. The van der Waals surface area contributed by atoms with E-state index in [9.17, 15) is 4.79 Å². The van der Waals surface area contributed by atoms with Crippen LogP contribution >= 0.6 is 0 Å². The molecule has 0 aliphatic heterocycles. The van der Waals surface area contributed by atoms with Crippen LogP contribution in [0.15, 0.2) is 0 Å². The van der Waals surface area contributed by atoms with Crippen molar-refractivity contribution >= 4 is 6.09 Å². The van der Waals surface area contributed by atoms with Crippen LogP contribution in [0.4, 0.5) is 4.79 Å². The highest BCUT2D eigenvalue weighted by Gasteiger charge is 2.21. The predicted molar refractivity (Wildman–Crippen MR) is 60.1 cm³/mol. The molecule has 0 unspecified atom stereocenters. The summed E-state index contributed by atoms with van der Waals surface area (Å²) in [5, 5.41) is 11.2. The van der Waals surface area contributed by atoms with Crippen LogP contribution in [0.3, 0.4) is 0 Å². The van der Waals surface area contributed by atoms with Crippen molar-refractivity contribution in [1.82, 2.24) is 10.2 Å². The van der Waals surface area contributed by atoms with Gasteiger partial charge in [-0.05, 0) is 58.7 Å². The fourth-order valence-corrected chi connectivity index (χ4v) is 2.21. The van der Waals surface area contributed by atoms with Gasteiger partial charge in [0.1, 0.15) is 0 Å². The molecule has 0 aromatic carbocycles. The summed E-state index contributed by atoms with van der Waals surface area (Å²) in [7, 11) is 4.19. The number of nitrogens with zero attached hydrogens (tertiary/aromatic N) is 1. The van der Waals surface area contributed by atoms with Gasteiger partial charge in [0.25, 0.3) is 0 Å². The Morgan fingerprint density at radius 3 is 2.40 bits per heavy atom. The van der Waals surface area contributed by atoms with Gasteiger partial charge in [-0.1, -0.05) is 0 Å². The van der Waals surface area contributed by atoms with Crippen LogP contribution in [0.5, 0.6) is 0 Å². The van der Waals surface area contributed by atoms with E-state index in [-0.39, 0.29) is 6.04 Å². The molecular weight excluding hydrogens is 192 g/mol. The number of carboxylic acid groups (broad SMARTS) is 1. The van der Waals surface area contributed by atoms with Gasteiger partial charge in [-0.3, -0.25) is 0 Å². The maximum Gasteiger partial charge on any atom is 0.404 e. The quantitative estimate of drug-likeness (QED) is 0.750. The van der Waals surface area contributed by atoms with Crippen molar-refractivity contribution in [1.29, 1.82) is 0 Å². The lowest BCUT2D eigenvalue weighted by Gasteiger charge is -2.28. The molecule has 0 heterocycles. The Hall–Kier alpha value is -0.770. The summed E-state index contributed by atoms with van der Waals surface area (Å²) in [5.74, 6) is 0.791. The lowest BCUT2D eigenvalue weighted by Crippen LogP contribution is -2.36. The summed E-state index contributed by atoms with van der Waals surface area (Å²) < 4.78 is 0. The van der Waals surface area contributed by atoms with Gasteiger partial charge in [-0.15, -0.1) is 0 Å². The molecule has 4 heteroatoms. The summed E-state index contributed by atoms with van der Waals surface area (Å²) in [6.45, 7) is 1.14. The molecule has 0 aromatic rings. The highest BCUT2D eigenvalue weighted by atomic mass is 16.4. The Bertz CT molecular complexity index is 199. The van der Waals surface area contributed by atoms with Crippen molar-refractivity contribution in [3.8, 4) is 0 Å². The summed E-state index contributed by atoms with van der Waals surface area (Å²) in [5.41, 5.74) is 0. The van der Waals surface area contributed by atoms with E-state index in [4.69, 9.17) is 5.11 Å². The third kappa shape index (κ3) is 5.02. The molecule has 0 spiro atoms. The summed E-state index contributed by atoms with van der Waals surface area (Å²) in [4.78, 5) is 12.7. The van der Waals surface area contributed by atoms with Gasteiger partial charge < -0.3 is 15.3 Å². The number of rotatable bonds is 4. The molecular formula is C11H22N2O2. The Morgan fingerprint density at radius 1 is 1.33 bits per heavy atom. The standard InChI is InChI=1S/C11H22N2O2/c1-13(2)8-7-9-3-5-10(6-4-9)12-11(14)15/h9-10,12H,3-8H2,1-2H3,(H,14,15). The predicted octanol–water partition coefficient (Wildman–Crippen LogP) is 1.76. The molecule has 0 atom stereocenters. The van der Waals surface area contributed by atoms with E-state index < -0.39 is 6.09 Å². The molecule has 1 amide bonds. The van der Waals surface area contributed by atoms with Gasteiger partial charge in [0.05, 0.1) is 0 Å². The molecule has 1 aliphatic carbocycles. The molecule has 0 aromatic heterocycles. The van der Waals surface area contributed by atoms with Crippen LogP contribution < -0.4 is 5.32 Å². The minimum absolute atomic E-state index is 0.193. The van der Waals surface area contributed by atoms with E-state index >= 15 is 0 Å². The van der Waals surface area contributed by atoms with Gasteiger partial charge in [-0.25, -0.2) is 4.79 Å². The first kappa shape index (κ1) is 12.3. The molecule has 88 valence electrons. The van der Waals surface area contributed by atoms with Crippen molar-refractivity contribution in [3.05, 3.63) is 0 Å². The molecule has 0 bridgehead atoms. The topological polar surface area (TPSA) is 52.6 Å². The van der Waals surface area contributed by atoms with Crippen LogP contribution in [0, 0.1) is 5.92 Å². The SMILES string of the molecule is CN(C)CCC1CCC(NC(=O)O)CC1. The molecule has 0 radical (unpaired) electrons. The maximum absolute atomic E-state index is 10.4. The molecule has 4 nitrogen and oxygen atoms in total. The largest absolute Gasteiger partial charge is 0.465 e. The van der Waals surface area contributed by atoms with Crippen LogP contribution in [0.1, 0.15) is 32.1 Å². The number of hydrogen-bond donors (Lipinski definition) is 2. The first-order chi connectivity index (χ1) is 7.08.